The fourth-order valence-corrected chi connectivity index (χ4v) is 12.0. The van der Waals surface area contributed by atoms with E-state index in [-0.39, 0.29) is 28.6 Å². The molecule has 3 aliphatic heterocycles. The van der Waals surface area contributed by atoms with E-state index in [4.69, 9.17) is 4.42 Å². The second kappa shape index (κ2) is 12.0. The van der Waals surface area contributed by atoms with Gasteiger partial charge in [0.05, 0.1) is 5.54 Å². The summed E-state index contributed by atoms with van der Waals surface area (Å²) in [5.41, 5.74) is 23.5. The summed E-state index contributed by atoms with van der Waals surface area (Å²) in [7, 11) is 0. The van der Waals surface area contributed by atoms with Crippen molar-refractivity contribution in [3.05, 3.63) is 130 Å². The van der Waals surface area contributed by atoms with E-state index in [1.807, 2.05) is 0 Å². The molecule has 0 N–H and O–H groups in total. The molecule has 59 heavy (non-hydrogen) atoms. The Balaban J connectivity index is 1.33. The third kappa shape index (κ3) is 4.89. The van der Waals surface area contributed by atoms with Crippen molar-refractivity contribution < 1.29 is 4.42 Å². The number of hydrogen-bond acceptors (Lipinski definition) is 3. The Morgan fingerprint density at radius 1 is 0.610 bits per heavy atom. The maximum absolute atomic E-state index is 6.75. The number of anilines is 4. The molecule has 1 saturated carbocycles. The first kappa shape index (κ1) is 36.8. The molecule has 0 bridgehead atoms. The summed E-state index contributed by atoms with van der Waals surface area (Å²) in [6, 6.07) is 37.8. The van der Waals surface area contributed by atoms with Crippen molar-refractivity contribution in [2.75, 3.05) is 9.71 Å². The van der Waals surface area contributed by atoms with Crippen LogP contribution in [0, 0.1) is 20.8 Å². The third-order valence-corrected chi connectivity index (χ3v) is 15.5. The smallest absolute Gasteiger partial charge is 0.333 e. The minimum absolute atomic E-state index is 0.00619. The number of aryl methyl sites for hydroxylation is 3. The van der Waals surface area contributed by atoms with Gasteiger partial charge in [0.25, 0.3) is 0 Å². The maximum Gasteiger partial charge on any atom is 0.333 e. The van der Waals surface area contributed by atoms with Crippen molar-refractivity contribution in [2.45, 2.75) is 124 Å². The topological polar surface area (TPSA) is 19.6 Å². The van der Waals surface area contributed by atoms with Gasteiger partial charge in [-0.15, -0.1) is 0 Å². The molecule has 4 heterocycles. The lowest BCUT2D eigenvalue weighted by Crippen LogP contribution is -2.64. The zero-order chi connectivity index (χ0) is 41.1. The van der Waals surface area contributed by atoms with E-state index in [1.165, 1.54) is 120 Å². The Labute approximate surface area is 351 Å². The van der Waals surface area contributed by atoms with E-state index in [0.29, 0.717) is 0 Å². The van der Waals surface area contributed by atoms with Gasteiger partial charge in [0.1, 0.15) is 11.2 Å². The van der Waals surface area contributed by atoms with Gasteiger partial charge < -0.3 is 14.1 Å². The molecule has 0 radical (unpaired) electrons. The average molecular weight is 773 g/mol. The van der Waals surface area contributed by atoms with Crippen LogP contribution < -0.4 is 20.6 Å². The van der Waals surface area contributed by atoms with Gasteiger partial charge >= 0.3 is 6.85 Å². The summed E-state index contributed by atoms with van der Waals surface area (Å²) in [6.07, 6.45) is 4.89. The molecule has 0 amide bonds. The fourth-order valence-electron chi connectivity index (χ4n) is 12.0. The largest absolute Gasteiger partial charge is 0.456 e. The van der Waals surface area contributed by atoms with Gasteiger partial charge in [0.15, 0.2) is 0 Å². The molecule has 2 atom stereocenters. The van der Waals surface area contributed by atoms with Gasteiger partial charge in [-0.1, -0.05) is 122 Å². The quantitative estimate of drug-likeness (QED) is 0.163. The molecule has 0 spiro atoms. The lowest BCUT2D eigenvalue weighted by atomic mass is 9.43. The molecule has 4 aliphatic rings. The highest BCUT2D eigenvalue weighted by molar-refractivity contribution is 6.93. The number of furan rings is 1. The third-order valence-electron chi connectivity index (χ3n) is 15.5. The van der Waals surface area contributed by atoms with E-state index in [9.17, 15) is 0 Å². The molecule has 1 aromatic heterocycles. The van der Waals surface area contributed by atoms with Crippen LogP contribution in [-0.4, -0.2) is 12.4 Å². The minimum Gasteiger partial charge on any atom is -0.456 e. The van der Waals surface area contributed by atoms with Crippen LogP contribution in [0.25, 0.3) is 44.2 Å². The predicted molar refractivity (Wildman–Crippen MR) is 253 cm³/mol. The van der Waals surface area contributed by atoms with Crippen molar-refractivity contribution in [3.63, 3.8) is 0 Å². The molecule has 2 unspecified atom stereocenters. The summed E-state index contributed by atoms with van der Waals surface area (Å²) in [6.45, 7) is 26.2. The highest BCUT2D eigenvalue weighted by Gasteiger charge is 2.62. The Kier molecular flexibility index (Phi) is 7.47. The summed E-state index contributed by atoms with van der Waals surface area (Å²) in [5.74, 6) is 0. The van der Waals surface area contributed by atoms with Crippen molar-refractivity contribution >= 4 is 62.5 Å². The van der Waals surface area contributed by atoms with E-state index >= 15 is 0 Å². The molecular weight excluding hydrogens is 715 g/mol. The highest BCUT2D eigenvalue weighted by atomic mass is 16.3. The lowest BCUT2D eigenvalue weighted by Gasteiger charge is -2.53. The van der Waals surface area contributed by atoms with Crippen LogP contribution in [0.3, 0.4) is 0 Å². The molecule has 11 rings (SSSR count). The molecule has 3 nitrogen and oxygen atoms in total. The molecule has 296 valence electrons. The number of para-hydroxylation sites is 1. The zero-order valence-corrected chi connectivity index (χ0v) is 36.9. The summed E-state index contributed by atoms with van der Waals surface area (Å²) in [5, 5.41) is 2.34. The van der Waals surface area contributed by atoms with Gasteiger partial charge in [-0.25, -0.2) is 0 Å². The first-order valence-corrected chi connectivity index (χ1v) is 22.1. The van der Waals surface area contributed by atoms with Crippen molar-refractivity contribution in [1.29, 1.82) is 0 Å². The van der Waals surface area contributed by atoms with Crippen molar-refractivity contribution in [3.8, 4) is 22.3 Å². The number of rotatable bonds is 2. The Morgan fingerprint density at radius 3 is 2.07 bits per heavy atom. The average Bonchev–Trinajstić information content (AvgIpc) is 3.64. The monoisotopic (exact) mass is 772 g/mol. The van der Waals surface area contributed by atoms with E-state index in [0.717, 1.165) is 11.2 Å². The number of fused-ring (bicyclic) bond motifs is 10. The van der Waals surface area contributed by atoms with Crippen molar-refractivity contribution in [1.82, 2.24) is 0 Å². The first-order valence-electron chi connectivity index (χ1n) is 22.1. The van der Waals surface area contributed by atoms with Crippen LogP contribution in [0.4, 0.5) is 22.7 Å². The molecule has 6 aromatic carbocycles. The number of nitrogens with zero attached hydrogens (tertiary/aromatic N) is 2. The lowest BCUT2D eigenvalue weighted by molar-refractivity contribution is 0.195. The van der Waals surface area contributed by atoms with Crippen LogP contribution in [0.15, 0.2) is 101 Å². The van der Waals surface area contributed by atoms with E-state index in [2.05, 4.69) is 183 Å². The maximum atomic E-state index is 6.75. The first-order chi connectivity index (χ1) is 28.0. The molecule has 4 heteroatoms. The van der Waals surface area contributed by atoms with E-state index in [1.54, 1.807) is 5.56 Å². The highest BCUT2D eigenvalue weighted by Crippen LogP contribution is 2.63. The van der Waals surface area contributed by atoms with Crippen LogP contribution in [0.2, 0.25) is 0 Å². The van der Waals surface area contributed by atoms with Gasteiger partial charge in [0.2, 0.25) is 0 Å². The summed E-state index contributed by atoms with van der Waals surface area (Å²) in [4.78, 5) is 5.61. The molecule has 1 fully saturated rings. The van der Waals surface area contributed by atoms with E-state index < -0.39 is 0 Å². The minimum atomic E-state index is -0.0723. The zero-order valence-electron chi connectivity index (χ0n) is 36.9. The summed E-state index contributed by atoms with van der Waals surface area (Å²) < 4.78 is 6.75. The van der Waals surface area contributed by atoms with Gasteiger partial charge in [0, 0.05) is 50.6 Å². The molecule has 7 aromatic rings. The Bertz CT molecular complexity index is 2940. The summed E-state index contributed by atoms with van der Waals surface area (Å²) >= 11 is 0. The second-order valence-corrected chi connectivity index (χ2v) is 21.1. The molecule has 0 saturated heterocycles. The Morgan fingerprint density at radius 2 is 1.34 bits per heavy atom. The fraction of sp³-hybridized carbons (Fsp3) is 0.345. The van der Waals surface area contributed by atoms with Crippen LogP contribution in [0.1, 0.15) is 114 Å². The normalized spacial score (nSPS) is 20.6. The molecule has 1 aliphatic carbocycles. The van der Waals surface area contributed by atoms with Crippen LogP contribution >= 0.6 is 0 Å². The van der Waals surface area contributed by atoms with Crippen molar-refractivity contribution in [2.24, 2.45) is 0 Å². The number of hydrogen-bond donors (Lipinski definition) is 0. The SMILES string of the molecule is Cc1cc(C(C)(C)C)ccc1N1B2c3cc(C(C)(C)C)cc4c3N(c3cc(-c5c(C)cccc5C)cc(c32)-c2cc3c(cc21)oc1ccccc13)C1(C)CCCCC41C. The van der Waals surface area contributed by atoms with Gasteiger partial charge in [-0.2, -0.15) is 0 Å². The number of benzene rings is 6. The van der Waals surface area contributed by atoms with Gasteiger partial charge in [-0.3, -0.25) is 0 Å². The van der Waals surface area contributed by atoms with Gasteiger partial charge in [-0.05, 0) is 143 Å². The second-order valence-electron chi connectivity index (χ2n) is 21.1. The standard InChI is InChI=1S/C55H57BN2O/c1-32-17-16-18-33(2)49(32)35-26-41-39-30-40-38-19-12-13-20-47(38)59-48(40)31-45(39)58(44-22-21-36(25-34(44)3)52(4,5)6)56-43-29-37(53(7,8)9)28-42-51(43)57(46(27-35)50(41)56)55(11)24-15-14-23-54(42,55)10/h12-13,16-22,25-31H,14-15,23-24H2,1-11H3. The van der Waals surface area contributed by atoms with Crippen LogP contribution in [0.5, 0.6) is 0 Å². The predicted octanol–water partition coefficient (Wildman–Crippen LogP) is 13.8. The van der Waals surface area contributed by atoms with Crippen LogP contribution in [-0.2, 0) is 16.2 Å². The molecular formula is C55H57BN2O. The Hall–Kier alpha value is -5.22.